The summed E-state index contributed by atoms with van der Waals surface area (Å²) in [7, 11) is 2.12. The molecule has 1 rings (SSSR count). The molecule has 1 heterocycles. The minimum absolute atomic E-state index is 0.0142. The highest BCUT2D eigenvalue weighted by atomic mass is 16.5. The summed E-state index contributed by atoms with van der Waals surface area (Å²) in [4.78, 5) is 2.29. The molecule has 2 unspecified atom stereocenters. The maximum atomic E-state index is 9.03. The van der Waals surface area contributed by atoms with Crippen molar-refractivity contribution in [2.24, 2.45) is 0 Å². The second-order valence-corrected chi connectivity index (χ2v) is 5.18. The molecule has 0 amide bonds. The van der Waals surface area contributed by atoms with E-state index in [1.165, 1.54) is 19.3 Å². The first-order valence-electron chi connectivity index (χ1n) is 7.19. The van der Waals surface area contributed by atoms with E-state index in [0.717, 1.165) is 39.1 Å². The fourth-order valence-electron chi connectivity index (χ4n) is 2.27. The van der Waals surface area contributed by atoms with Crippen molar-refractivity contribution in [2.75, 3.05) is 33.3 Å². The number of nitriles is 1. The smallest absolute Gasteiger partial charge is 0.0965 e. The Balaban J connectivity index is 2.14. The van der Waals surface area contributed by atoms with Gasteiger partial charge in [-0.25, -0.2) is 0 Å². The van der Waals surface area contributed by atoms with Gasteiger partial charge in [0.1, 0.15) is 0 Å². The van der Waals surface area contributed by atoms with Crippen molar-refractivity contribution < 1.29 is 4.74 Å². The number of hydrogen-bond acceptors (Lipinski definition) is 4. The summed E-state index contributed by atoms with van der Waals surface area (Å²) in [5.74, 6) is 0. The molecule has 1 N–H and O–H groups in total. The van der Waals surface area contributed by atoms with E-state index in [9.17, 15) is 0 Å². The van der Waals surface area contributed by atoms with E-state index < -0.39 is 0 Å². The molecule has 2 atom stereocenters. The summed E-state index contributed by atoms with van der Waals surface area (Å²) in [6, 6.07) is 2.31. The normalized spacial score (nSPS) is 21.8. The lowest BCUT2D eigenvalue weighted by Gasteiger charge is -2.27. The van der Waals surface area contributed by atoms with E-state index in [2.05, 4.69) is 30.3 Å². The number of nitrogens with zero attached hydrogens (tertiary/aromatic N) is 2. The molecule has 104 valence electrons. The monoisotopic (exact) mass is 253 g/mol. The molecule has 0 bridgehead atoms. The predicted molar refractivity (Wildman–Crippen MR) is 73.4 cm³/mol. The lowest BCUT2D eigenvalue weighted by Crippen LogP contribution is -2.37. The van der Waals surface area contributed by atoms with Gasteiger partial charge in [0.15, 0.2) is 0 Å². The van der Waals surface area contributed by atoms with Gasteiger partial charge in [-0.1, -0.05) is 6.92 Å². The molecule has 0 aromatic carbocycles. The Morgan fingerprint density at radius 2 is 2.33 bits per heavy atom. The van der Waals surface area contributed by atoms with E-state index in [4.69, 9.17) is 10.00 Å². The van der Waals surface area contributed by atoms with E-state index >= 15 is 0 Å². The molecule has 0 aliphatic carbocycles. The van der Waals surface area contributed by atoms with Crippen LogP contribution in [-0.4, -0.2) is 50.3 Å². The number of hydrogen-bond donors (Lipinski definition) is 1. The average Bonchev–Trinajstić information content (AvgIpc) is 2.40. The highest BCUT2D eigenvalue weighted by molar-refractivity contribution is 4.90. The standard InChI is InChI=1S/C14H27N3O/c1-3-8-16-13(11-15)7-9-17(2)12-14-6-4-5-10-18-14/h13-14,16H,3-10,12H2,1-2H3. The minimum Gasteiger partial charge on any atom is -0.377 e. The molecular formula is C14H27N3O. The summed E-state index contributed by atoms with van der Waals surface area (Å²) in [5, 5.41) is 12.3. The molecule has 1 aliphatic rings. The van der Waals surface area contributed by atoms with Gasteiger partial charge in [-0.2, -0.15) is 5.26 Å². The number of likely N-dealkylation sites (N-methyl/N-ethyl adjacent to an activating group) is 1. The van der Waals surface area contributed by atoms with Crippen LogP contribution in [0.3, 0.4) is 0 Å². The lowest BCUT2D eigenvalue weighted by molar-refractivity contribution is -0.00169. The van der Waals surface area contributed by atoms with Crippen LogP contribution in [-0.2, 0) is 4.74 Å². The van der Waals surface area contributed by atoms with Crippen LogP contribution >= 0.6 is 0 Å². The van der Waals surface area contributed by atoms with Gasteiger partial charge in [0.2, 0.25) is 0 Å². The van der Waals surface area contributed by atoms with Crippen LogP contribution in [0.15, 0.2) is 0 Å². The zero-order valence-electron chi connectivity index (χ0n) is 11.8. The average molecular weight is 253 g/mol. The molecule has 0 aromatic heterocycles. The Labute approximate surface area is 111 Å². The molecule has 1 aliphatic heterocycles. The van der Waals surface area contributed by atoms with E-state index in [-0.39, 0.29) is 6.04 Å². The quantitative estimate of drug-likeness (QED) is 0.716. The molecule has 0 spiro atoms. The van der Waals surface area contributed by atoms with Gasteiger partial charge in [0, 0.05) is 19.7 Å². The Bertz CT molecular complexity index is 246. The second-order valence-electron chi connectivity index (χ2n) is 5.18. The van der Waals surface area contributed by atoms with E-state index in [1.807, 2.05) is 0 Å². The van der Waals surface area contributed by atoms with Gasteiger partial charge in [0.05, 0.1) is 18.2 Å². The van der Waals surface area contributed by atoms with Crippen molar-refractivity contribution in [1.29, 1.82) is 5.26 Å². The molecule has 4 nitrogen and oxygen atoms in total. The van der Waals surface area contributed by atoms with Crippen LogP contribution in [0, 0.1) is 11.3 Å². The van der Waals surface area contributed by atoms with Gasteiger partial charge in [0.25, 0.3) is 0 Å². The molecule has 1 fully saturated rings. The zero-order valence-corrected chi connectivity index (χ0v) is 11.8. The van der Waals surface area contributed by atoms with Crippen LogP contribution in [0.2, 0.25) is 0 Å². The number of ether oxygens (including phenoxy) is 1. The molecule has 4 heteroatoms. The first kappa shape index (κ1) is 15.4. The summed E-state index contributed by atoms with van der Waals surface area (Å²) in [6.07, 6.45) is 6.03. The largest absolute Gasteiger partial charge is 0.377 e. The predicted octanol–water partition coefficient (Wildman–Crippen LogP) is 1.77. The Kier molecular flexibility index (Phi) is 7.99. The first-order chi connectivity index (χ1) is 8.76. The highest BCUT2D eigenvalue weighted by Crippen LogP contribution is 2.13. The summed E-state index contributed by atoms with van der Waals surface area (Å²) >= 11 is 0. The van der Waals surface area contributed by atoms with Gasteiger partial charge >= 0.3 is 0 Å². The summed E-state index contributed by atoms with van der Waals surface area (Å²) < 4.78 is 5.72. The lowest BCUT2D eigenvalue weighted by atomic mass is 10.1. The SMILES string of the molecule is CCCNC(C#N)CCN(C)CC1CCCCO1. The van der Waals surface area contributed by atoms with Gasteiger partial charge < -0.3 is 15.0 Å². The summed E-state index contributed by atoms with van der Waals surface area (Å²) in [5.41, 5.74) is 0. The third kappa shape index (κ3) is 6.34. The van der Waals surface area contributed by atoms with Crippen LogP contribution in [0.4, 0.5) is 0 Å². The van der Waals surface area contributed by atoms with Crippen LogP contribution < -0.4 is 5.32 Å². The van der Waals surface area contributed by atoms with Crippen molar-refractivity contribution in [3.63, 3.8) is 0 Å². The highest BCUT2D eigenvalue weighted by Gasteiger charge is 2.16. The van der Waals surface area contributed by atoms with Crippen LogP contribution in [0.1, 0.15) is 39.0 Å². The molecule has 0 saturated carbocycles. The third-order valence-corrected chi connectivity index (χ3v) is 3.39. The second kappa shape index (κ2) is 9.32. The van der Waals surface area contributed by atoms with Gasteiger partial charge in [-0.3, -0.25) is 0 Å². The van der Waals surface area contributed by atoms with Crippen molar-refractivity contribution in [2.45, 2.75) is 51.2 Å². The molecular weight excluding hydrogens is 226 g/mol. The Hall–Kier alpha value is -0.630. The first-order valence-corrected chi connectivity index (χ1v) is 7.19. The molecule has 18 heavy (non-hydrogen) atoms. The molecule has 0 aromatic rings. The van der Waals surface area contributed by atoms with Crippen molar-refractivity contribution in [1.82, 2.24) is 10.2 Å². The van der Waals surface area contributed by atoms with Gasteiger partial charge in [-0.05, 0) is 45.7 Å². The van der Waals surface area contributed by atoms with E-state index in [1.54, 1.807) is 0 Å². The fourth-order valence-corrected chi connectivity index (χ4v) is 2.27. The maximum absolute atomic E-state index is 9.03. The summed E-state index contributed by atoms with van der Waals surface area (Å²) in [6.45, 7) is 5.90. The third-order valence-electron chi connectivity index (χ3n) is 3.39. The zero-order chi connectivity index (χ0) is 13.2. The Morgan fingerprint density at radius 3 is 2.94 bits per heavy atom. The Morgan fingerprint density at radius 1 is 1.50 bits per heavy atom. The van der Waals surface area contributed by atoms with E-state index in [0.29, 0.717) is 6.10 Å². The maximum Gasteiger partial charge on any atom is 0.0965 e. The van der Waals surface area contributed by atoms with Crippen molar-refractivity contribution in [3.05, 3.63) is 0 Å². The fraction of sp³-hybridized carbons (Fsp3) is 0.929. The van der Waals surface area contributed by atoms with Crippen LogP contribution in [0.5, 0.6) is 0 Å². The number of rotatable bonds is 8. The molecule has 1 saturated heterocycles. The number of nitrogens with one attached hydrogen (secondary N) is 1. The topological polar surface area (TPSA) is 48.3 Å². The minimum atomic E-state index is -0.0142. The van der Waals surface area contributed by atoms with Crippen LogP contribution in [0.25, 0.3) is 0 Å². The van der Waals surface area contributed by atoms with Crippen molar-refractivity contribution in [3.8, 4) is 6.07 Å². The van der Waals surface area contributed by atoms with Crippen molar-refractivity contribution >= 4 is 0 Å². The van der Waals surface area contributed by atoms with Gasteiger partial charge in [-0.15, -0.1) is 0 Å². The molecule has 0 radical (unpaired) electrons.